The third kappa shape index (κ3) is 3.16. The summed E-state index contributed by atoms with van der Waals surface area (Å²) in [5.41, 5.74) is 3.06. The van der Waals surface area contributed by atoms with E-state index in [0.717, 1.165) is 22.2 Å². The van der Waals surface area contributed by atoms with E-state index in [0.29, 0.717) is 22.1 Å². The van der Waals surface area contributed by atoms with E-state index in [-0.39, 0.29) is 22.5 Å². The number of nitrogens with zero attached hydrogens (tertiary/aromatic N) is 1. The molecule has 170 valence electrons. The number of hydrogen-bond acceptors (Lipinski definition) is 1. The zero-order valence-corrected chi connectivity index (χ0v) is 19.4. The number of hydrogen-bond donors (Lipinski definition) is 0. The summed E-state index contributed by atoms with van der Waals surface area (Å²) in [6, 6.07) is 14.7. The zero-order chi connectivity index (χ0) is 27.4. The highest BCUT2D eigenvalue weighted by atomic mass is 19.1. The third-order valence-electron chi connectivity index (χ3n) is 6.52. The molecule has 0 saturated carbocycles. The summed E-state index contributed by atoms with van der Waals surface area (Å²) in [5, 5.41) is 1.47. The normalized spacial score (nSPS) is 19.5. The van der Waals surface area contributed by atoms with Gasteiger partial charge in [-0.15, -0.1) is 0 Å². The van der Waals surface area contributed by atoms with E-state index in [1.807, 2.05) is 19.1 Å². The number of benzene rings is 3. The van der Waals surface area contributed by atoms with E-state index < -0.39 is 24.0 Å². The highest BCUT2D eigenvalue weighted by Crippen LogP contribution is 2.43. The minimum atomic E-state index is -1.97. The van der Waals surface area contributed by atoms with E-state index in [1.165, 1.54) is 18.3 Å². The highest BCUT2D eigenvalue weighted by Gasteiger charge is 2.29. The van der Waals surface area contributed by atoms with Crippen LogP contribution >= 0.6 is 0 Å². The minimum Gasteiger partial charge on any atom is -0.454 e. The molecule has 0 spiro atoms. The van der Waals surface area contributed by atoms with E-state index in [2.05, 4.69) is 0 Å². The van der Waals surface area contributed by atoms with Crippen LogP contribution in [0, 0.1) is 24.0 Å². The molecule has 2 nitrogen and oxygen atoms in total. The van der Waals surface area contributed by atoms with Crippen molar-refractivity contribution in [2.45, 2.75) is 33.5 Å². The van der Waals surface area contributed by atoms with Crippen LogP contribution in [0.1, 0.15) is 36.0 Å². The molecular weight excluding hydrogens is 428 g/mol. The second-order valence-electron chi connectivity index (χ2n) is 9.51. The molecule has 0 radical (unpaired) electrons. The lowest BCUT2D eigenvalue weighted by atomic mass is 9.90. The lowest BCUT2D eigenvalue weighted by molar-refractivity contribution is -0.661. The van der Waals surface area contributed by atoms with E-state index in [1.54, 1.807) is 55.8 Å². The molecule has 0 N–H and O–H groups in total. The second kappa shape index (κ2) is 7.23. The van der Waals surface area contributed by atoms with Crippen LogP contribution in [0.2, 0.25) is 0 Å². The SMILES string of the molecule is [2H]C1([2H])c2ccc(-c3c(F)ccc4c3oc3c(-c5ccc(F)c[n+]5C)c(C)ccc34)cc2C([2H])([2H])C1(C)C. The van der Waals surface area contributed by atoms with Gasteiger partial charge in [0.25, 0.3) is 0 Å². The first-order valence-corrected chi connectivity index (χ1v) is 11.2. The molecule has 0 unspecified atom stereocenters. The van der Waals surface area contributed by atoms with Crippen molar-refractivity contribution in [2.24, 2.45) is 12.5 Å². The lowest BCUT2D eigenvalue weighted by Gasteiger charge is -2.14. The molecular formula is C30H26F2NO+. The summed E-state index contributed by atoms with van der Waals surface area (Å²) in [7, 11) is 1.75. The smallest absolute Gasteiger partial charge is 0.216 e. The van der Waals surface area contributed by atoms with Crippen molar-refractivity contribution in [3.05, 3.63) is 89.1 Å². The Morgan fingerprint density at radius 1 is 0.882 bits per heavy atom. The van der Waals surface area contributed by atoms with Crippen LogP contribution < -0.4 is 4.57 Å². The van der Waals surface area contributed by atoms with Crippen molar-refractivity contribution in [2.75, 3.05) is 0 Å². The molecule has 2 aromatic heterocycles. The van der Waals surface area contributed by atoms with Gasteiger partial charge in [0.2, 0.25) is 11.9 Å². The Balaban J connectivity index is 1.65. The predicted octanol–water partition coefficient (Wildman–Crippen LogP) is 7.46. The summed E-state index contributed by atoms with van der Waals surface area (Å²) >= 11 is 0. The van der Waals surface area contributed by atoms with Gasteiger partial charge in [0.05, 0.1) is 11.1 Å². The van der Waals surface area contributed by atoms with Gasteiger partial charge in [0.1, 0.15) is 24.0 Å². The molecule has 2 heterocycles. The lowest BCUT2D eigenvalue weighted by Crippen LogP contribution is -2.31. The van der Waals surface area contributed by atoms with Gasteiger partial charge in [-0.1, -0.05) is 44.2 Å². The molecule has 0 atom stereocenters. The predicted molar refractivity (Wildman–Crippen MR) is 132 cm³/mol. The van der Waals surface area contributed by atoms with Crippen LogP contribution in [-0.2, 0) is 19.8 Å². The summed E-state index contributed by atoms with van der Waals surface area (Å²) in [6.07, 6.45) is -2.48. The minimum absolute atomic E-state index is 0.189. The summed E-state index contributed by atoms with van der Waals surface area (Å²) < 4.78 is 72.2. The van der Waals surface area contributed by atoms with Gasteiger partial charge >= 0.3 is 0 Å². The van der Waals surface area contributed by atoms with E-state index in [4.69, 9.17) is 9.90 Å². The fraction of sp³-hybridized carbons (Fsp3) is 0.233. The van der Waals surface area contributed by atoms with Crippen LogP contribution in [0.4, 0.5) is 8.78 Å². The van der Waals surface area contributed by atoms with Crippen molar-refractivity contribution >= 4 is 21.9 Å². The molecule has 0 amide bonds. The van der Waals surface area contributed by atoms with E-state index in [9.17, 15) is 4.39 Å². The summed E-state index contributed by atoms with van der Waals surface area (Å²) in [6.45, 7) is 5.09. The molecule has 1 aliphatic carbocycles. The maximum Gasteiger partial charge on any atom is 0.216 e. The Morgan fingerprint density at radius 3 is 2.35 bits per heavy atom. The number of aromatic nitrogens is 1. The molecule has 1 aliphatic rings. The van der Waals surface area contributed by atoms with Gasteiger partial charge in [0.15, 0.2) is 5.82 Å². The van der Waals surface area contributed by atoms with Crippen LogP contribution in [0.25, 0.3) is 44.3 Å². The second-order valence-corrected chi connectivity index (χ2v) is 9.51. The first kappa shape index (κ1) is 17.0. The largest absolute Gasteiger partial charge is 0.454 e. The van der Waals surface area contributed by atoms with E-state index >= 15 is 4.39 Å². The van der Waals surface area contributed by atoms with Crippen molar-refractivity contribution in [3.63, 3.8) is 0 Å². The Bertz CT molecular complexity index is 1810. The van der Waals surface area contributed by atoms with Gasteiger partial charge in [0, 0.05) is 22.3 Å². The van der Waals surface area contributed by atoms with Crippen LogP contribution in [-0.4, -0.2) is 0 Å². The number of halogens is 2. The Hall–Kier alpha value is -3.53. The zero-order valence-electron chi connectivity index (χ0n) is 23.4. The number of pyridine rings is 1. The molecule has 34 heavy (non-hydrogen) atoms. The maximum atomic E-state index is 15.5. The molecule has 3 aromatic carbocycles. The molecule has 4 heteroatoms. The van der Waals surface area contributed by atoms with Gasteiger partial charge in [-0.05, 0) is 65.5 Å². The first-order valence-electron chi connectivity index (χ1n) is 13.2. The number of rotatable bonds is 2. The number of fused-ring (bicyclic) bond motifs is 4. The summed E-state index contributed by atoms with van der Waals surface area (Å²) in [5.74, 6) is -0.887. The number of aryl methyl sites for hydroxylation is 2. The molecule has 5 aromatic rings. The van der Waals surface area contributed by atoms with Gasteiger partial charge in [-0.25, -0.2) is 8.78 Å². The Kier molecular flexibility index (Phi) is 3.61. The third-order valence-corrected chi connectivity index (χ3v) is 6.52. The fourth-order valence-corrected chi connectivity index (χ4v) is 5.02. The van der Waals surface area contributed by atoms with Crippen molar-refractivity contribution in [1.29, 1.82) is 0 Å². The van der Waals surface area contributed by atoms with Crippen molar-refractivity contribution in [1.82, 2.24) is 0 Å². The maximum absolute atomic E-state index is 15.5. The Morgan fingerprint density at radius 2 is 1.59 bits per heavy atom. The highest BCUT2D eigenvalue weighted by molar-refractivity contribution is 6.13. The fourth-order valence-electron chi connectivity index (χ4n) is 5.02. The quantitative estimate of drug-likeness (QED) is 0.251. The average Bonchev–Trinajstić information content (AvgIpc) is 3.26. The van der Waals surface area contributed by atoms with Gasteiger partial charge in [-0.2, -0.15) is 4.57 Å². The average molecular weight is 459 g/mol. The number of furan rings is 1. The first-order chi connectivity index (χ1) is 17.8. The Labute approximate surface area is 203 Å². The van der Waals surface area contributed by atoms with Crippen molar-refractivity contribution < 1.29 is 23.2 Å². The standard InChI is InChI=1S/C30H26F2NO/c1-17-5-9-22-23-10-11-24(32)27(18-6-7-19-14-30(2,3)15-20(19)13-18)29(23)34-28(22)26(17)25-12-8-21(31)16-33(25)4/h5-13,16H,14-15H2,1-4H3/q+1/i14D2,15D2. The summed E-state index contributed by atoms with van der Waals surface area (Å²) in [4.78, 5) is 0. The molecule has 0 fully saturated rings. The molecule has 0 saturated heterocycles. The van der Waals surface area contributed by atoms with Crippen LogP contribution in [0.5, 0.6) is 0 Å². The van der Waals surface area contributed by atoms with Crippen LogP contribution in [0.15, 0.2) is 65.2 Å². The van der Waals surface area contributed by atoms with Crippen molar-refractivity contribution in [3.8, 4) is 22.4 Å². The molecule has 0 aliphatic heterocycles. The van der Waals surface area contributed by atoms with Crippen LogP contribution in [0.3, 0.4) is 0 Å². The monoisotopic (exact) mass is 458 g/mol. The topological polar surface area (TPSA) is 17.0 Å². The van der Waals surface area contributed by atoms with Gasteiger partial charge < -0.3 is 4.42 Å². The van der Waals surface area contributed by atoms with Gasteiger partial charge in [-0.3, -0.25) is 0 Å². The molecule has 6 rings (SSSR count). The molecule has 0 bridgehead atoms.